The molecule has 0 aromatic carbocycles. The number of fused-ring (bicyclic) bond motifs is 1. The Morgan fingerprint density at radius 3 is 3.06 bits per heavy atom. The van der Waals surface area contributed by atoms with E-state index in [0.717, 1.165) is 11.6 Å². The van der Waals surface area contributed by atoms with Crippen molar-refractivity contribution in [1.82, 2.24) is 4.90 Å². The van der Waals surface area contributed by atoms with Crippen LogP contribution in [0, 0.1) is 0 Å². The van der Waals surface area contributed by atoms with E-state index >= 15 is 0 Å². The van der Waals surface area contributed by atoms with Gasteiger partial charge in [0.15, 0.2) is 0 Å². The first-order valence-electron chi connectivity index (χ1n) is 4.76. The summed E-state index contributed by atoms with van der Waals surface area (Å²) in [6.07, 6.45) is 6.37. The first kappa shape index (κ1) is 10.4. The van der Waals surface area contributed by atoms with E-state index in [2.05, 4.69) is 4.99 Å². The Morgan fingerprint density at radius 1 is 1.62 bits per heavy atom. The van der Waals surface area contributed by atoms with Gasteiger partial charge < -0.3 is 10.0 Å². The van der Waals surface area contributed by atoms with Crippen molar-refractivity contribution in [2.24, 2.45) is 4.99 Å². The molecule has 0 fully saturated rings. The monoisotopic (exact) mass is 218 g/mol. The highest BCUT2D eigenvalue weighted by Crippen LogP contribution is 2.18. The summed E-state index contributed by atoms with van der Waals surface area (Å²) in [7, 11) is 0. The highest BCUT2D eigenvalue weighted by molar-refractivity contribution is 6.13. The normalized spacial score (nSPS) is 21.7. The summed E-state index contributed by atoms with van der Waals surface area (Å²) < 4.78 is 0. The third-order valence-corrected chi connectivity index (χ3v) is 2.36. The second kappa shape index (κ2) is 3.77. The van der Waals surface area contributed by atoms with E-state index in [-0.39, 0.29) is 12.1 Å². The molecule has 0 aromatic rings. The highest BCUT2D eigenvalue weighted by Gasteiger charge is 2.25. The fourth-order valence-corrected chi connectivity index (χ4v) is 1.62. The van der Waals surface area contributed by atoms with Crippen molar-refractivity contribution < 1.29 is 14.7 Å². The predicted octanol–water partition coefficient (Wildman–Crippen LogP) is 0.712. The Balaban J connectivity index is 2.38. The maximum absolute atomic E-state index is 11.5. The van der Waals surface area contributed by atoms with Crippen LogP contribution < -0.4 is 0 Å². The number of amidine groups is 1. The van der Waals surface area contributed by atoms with Crippen LogP contribution >= 0.6 is 0 Å². The maximum atomic E-state index is 11.5. The van der Waals surface area contributed by atoms with Gasteiger partial charge in [0.05, 0.1) is 6.54 Å². The Kier molecular flexibility index (Phi) is 2.44. The first-order chi connectivity index (χ1) is 7.58. The van der Waals surface area contributed by atoms with Crippen LogP contribution in [0.4, 0.5) is 0 Å². The molecule has 5 nitrogen and oxygen atoms in total. The van der Waals surface area contributed by atoms with Crippen molar-refractivity contribution in [1.29, 1.82) is 0 Å². The molecule has 0 saturated heterocycles. The highest BCUT2D eigenvalue weighted by atomic mass is 16.4. The predicted molar refractivity (Wildman–Crippen MR) is 57.8 cm³/mol. The largest absolute Gasteiger partial charge is 0.478 e. The van der Waals surface area contributed by atoms with Gasteiger partial charge in [0.1, 0.15) is 5.84 Å². The van der Waals surface area contributed by atoms with E-state index in [4.69, 9.17) is 5.11 Å². The number of allylic oxidation sites excluding steroid dienone is 2. The minimum Gasteiger partial charge on any atom is -0.478 e. The number of carboxylic acids is 1. The number of hydrogen-bond acceptors (Lipinski definition) is 3. The van der Waals surface area contributed by atoms with Crippen LogP contribution in [0.5, 0.6) is 0 Å². The zero-order valence-electron chi connectivity index (χ0n) is 8.67. The van der Waals surface area contributed by atoms with Crippen LogP contribution in [0.25, 0.3) is 0 Å². The van der Waals surface area contributed by atoms with Crippen LogP contribution in [0.15, 0.2) is 40.6 Å². The number of hydrogen-bond donors (Lipinski definition) is 1. The lowest BCUT2D eigenvalue weighted by Crippen LogP contribution is -2.36. The molecular formula is C11H10N2O3. The minimum atomic E-state index is -1.13. The average Bonchev–Trinajstić information content (AvgIpc) is 2.20. The van der Waals surface area contributed by atoms with Gasteiger partial charge in [-0.15, -0.1) is 0 Å². The maximum Gasteiger partial charge on any atom is 0.328 e. The number of carboxylic acid groups (broad SMARTS) is 1. The molecule has 1 N–H and O–H groups in total. The van der Waals surface area contributed by atoms with Gasteiger partial charge in [0, 0.05) is 17.8 Å². The molecular weight excluding hydrogens is 208 g/mol. The Morgan fingerprint density at radius 2 is 2.38 bits per heavy atom. The number of carbonyl (C=O) groups is 2. The summed E-state index contributed by atoms with van der Waals surface area (Å²) in [5, 5.41) is 8.61. The minimum absolute atomic E-state index is 0.190. The summed E-state index contributed by atoms with van der Waals surface area (Å²) in [5.41, 5.74) is 1.08. The lowest BCUT2D eigenvalue weighted by Gasteiger charge is -2.28. The zero-order chi connectivity index (χ0) is 11.7. The third kappa shape index (κ3) is 1.79. The number of rotatable bonds is 1. The first-order valence-corrected chi connectivity index (χ1v) is 4.76. The van der Waals surface area contributed by atoms with Crippen molar-refractivity contribution >= 4 is 17.7 Å². The van der Waals surface area contributed by atoms with Gasteiger partial charge >= 0.3 is 5.97 Å². The van der Waals surface area contributed by atoms with E-state index < -0.39 is 11.9 Å². The van der Waals surface area contributed by atoms with Crippen molar-refractivity contribution in [3.05, 3.63) is 35.6 Å². The van der Waals surface area contributed by atoms with Crippen molar-refractivity contribution in [2.45, 2.75) is 6.92 Å². The van der Waals surface area contributed by atoms with Gasteiger partial charge in [-0.3, -0.25) is 4.79 Å². The van der Waals surface area contributed by atoms with Crippen LogP contribution in [-0.2, 0) is 9.59 Å². The molecule has 0 radical (unpaired) electrons. The molecule has 2 rings (SSSR count). The number of carbonyl (C=O) groups excluding carboxylic acids is 1. The van der Waals surface area contributed by atoms with E-state index in [1.807, 2.05) is 19.1 Å². The molecule has 16 heavy (non-hydrogen) atoms. The smallest absolute Gasteiger partial charge is 0.328 e. The molecule has 0 aliphatic carbocycles. The summed E-state index contributed by atoms with van der Waals surface area (Å²) >= 11 is 0. The second-order valence-corrected chi connectivity index (χ2v) is 3.57. The number of aliphatic carboxylic acids is 1. The van der Waals surface area contributed by atoms with E-state index in [1.54, 1.807) is 11.1 Å². The summed E-state index contributed by atoms with van der Waals surface area (Å²) in [5.74, 6) is -1.01. The van der Waals surface area contributed by atoms with Gasteiger partial charge in [0.2, 0.25) is 0 Å². The quantitative estimate of drug-likeness (QED) is 0.658. The average molecular weight is 218 g/mol. The van der Waals surface area contributed by atoms with Crippen LogP contribution in [0.3, 0.4) is 0 Å². The third-order valence-electron chi connectivity index (χ3n) is 2.36. The van der Waals surface area contributed by atoms with E-state index in [1.165, 1.54) is 0 Å². The van der Waals surface area contributed by atoms with Crippen LogP contribution in [0.2, 0.25) is 0 Å². The van der Waals surface area contributed by atoms with Crippen molar-refractivity contribution in [3.63, 3.8) is 0 Å². The summed E-state index contributed by atoms with van der Waals surface area (Å²) in [4.78, 5) is 27.7. The Labute approximate surface area is 92.1 Å². The van der Waals surface area contributed by atoms with Crippen LogP contribution in [0.1, 0.15) is 6.92 Å². The fourth-order valence-electron chi connectivity index (χ4n) is 1.62. The summed E-state index contributed by atoms with van der Waals surface area (Å²) in [6, 6.07) is 0. The van der Waals surface area contributed by atoms with Gasteiger partial charge in [-0.2, -0.15) is 4.99 Å². The molecule has 0 bridgehead atoms. The SMILES string of the molecule is CC1=CC=CN2C/C(=C/C(=O)O)C(=O)N=C12. The van der Waals surface area contributed by atoms with Crippen molar-refractivity contribution in [2.75, 3.05) is 6.54 Å². The molecule has 1 amide bonds. The molecule has 82 valence electrons. The molecule has 2 heterocycles. The lowest BCUT2D eigenvalue weighted by molar-refractivity contribution is -0.131. The molecule has 2 aliphatic rings. The number of nitrogens with zero attached hydrogens (tertiary/aromatic N) is 2. The Hall–Kier alpha value is -2.17. The Bertz CT molecular complexity index is 483. The van der Waals surface area contributed by atoms with Gasteiger partial charge in [-0.25, -0.2) is 4.79 Å². The zero-order valence-corrected chi connectivity index (χ0v) is 8.67. The summed E-state index contributed by atoms with van der Waals surface area (Å²) in [6.45, 7) is 2.11. The molecule has 0 atom stereocenters. The number of aliphatic imine (C=N–C) groups is 1. The standard InChI is InChI=1S/C11H10N2O3/c1-7-3-2-4-13-6-8(5-9(14)15)11(16)12-10(7)13/h2-5H,6H2,1H3,(H,14,15)/b8-5-. The molecule has 2 aliphatic heterocycles. The van der Waals surface area contributed by atoms with Gasteiger partial charge in [-0.05, 0) is 18.6 Å². The number of amides is 1. The molecule has 0 unspecified atom stereocenters. The van der Waals surface area contributed by atoms with E-state index in [0.29, 0.717) is 5.84 Å². The lowest BCUT2D eigenvalue weighted by atomic mass is 10.1. The van der Waals surface area contributed by atoms with Gasteiger partial charge in [-0.1, -0.05) is 6.08 Å². The molecule has 0 saturated carbocycles. The second-order valence-electron chi connectivity index (χ2n) is 3.57. The fraction of sp³-hybridized carbons (Fsp3) is 0.182. The van der Waals surface area contributed by atoms with E-state index in [9.17, 15) is 9.59 Å². The molecule has 5 heteroatoms. The topological polar surface area (TPSA) is 70.0 Å². The molecule has 0 aromatic heterocycles. The van der Waals surface area contributed by atoms with Crippen LogP contribution in [-0.4, -0.2) is 34.3 Å². The van der Waals surface area contributed by atoms with Gasteiger partial charge in [0.25, 0.3) is 5.91 Å². The van der Waals surface area contributed by atoms with Crippen molar-refractivity contribution in [3.8, 4) is 0 Å². The molecule has 0 spiro atoms.